The maximum absolute atomic E-state index is 9.65. The summed E-state index contributed by atoms with van der Waals surface area (Å²) < 4.78 is 6.87. The van der Waals surface area contributed by atoms with Crippen LogP contribution in [0.3, 0.4) is 0 Å². The SMILES string of the molecule is Cc1cc(C(C)(C)C)ccc1OCc1cccc[n+]1O. The molecule has 0 amide bonds. The molecule has 20 heavy (non-hydrogen) atoms. The van der Waals surface area contributed by atoms with Crippen molar-refractivity contribution in [1.82, 2.24) is 0 Å². The van der Waals surface area contributed by atoms with E-state index < -0.39 is 0 Å². The normalized spacial score (nSPS) is 11.4. The average molecular weight is 272 g/mol. The van der Waals surface area contributed by atoms with E-state index in [1.54, 1.807) is 12.3 Å². The molecule has 0 aliphatic heterocycles. The van der Waals surface area contributed by atoms with Gasteiger partial charge in [-0.3, -0.25) is 5.21 Å². The molecule has 0 saturated carbocycles. The van der Waals surface area contributed by atoms with Crippen molar-refractivity contribution in [2.75, 3.05) is 0 Å². The molecule has 0 bridgehead atoms. The fourth-order valence-corrected chi connectivity index (χ4v) is 2.01. The molecule has 3 heteroatoms. The van der Waals surface area contributed by atoms with Crippen LogP contribution in [0.1, 0.15) is 37.6 Å². The van der Waals surface area contributed by atoms with E-state index in [-0.39, 0.29) is 5.41 Å². The maximum Gasteiger partial charge on any atom is 0.271 e. The summed E-state index contributed by atoms with van der Waals surface area (Å²) in [5.41, 5.74) is 3.25. The third-order valence-electron chi connectivity index (χ3n) is 3.34. The summed E-state index contributed by atoms with van der Waals surface area (Å²) in [5.74, 6) is 0.849. The lowest BCUT2D eigenvalue weighted by atomic mass is 9.86. The summed E-state index contributed by atoms with van der Waals surface area (Å²) in [5, 5.41) is 9.65. The molecular formula is C17H22NO2+. The highest BCUT2D eigenvalue weighted by Gasteiger charge is 2.15. The molecule has 0 aliphatic carbocycles. The van der Waals surface area contributed by atoms with E-state index in [2.05, 4.69) is 32.9 Å². The first kappa shape index (κ1) is 14.4. The van der Waals surface area contributed by atoms with Crippen LogP contribution in [0.2, 0.25) is 0 Å². The van der Waals surface area contributed by atoms with E-state index in [9.17, 15) is 5.21 Å². The molecule has 1 heterocycles. The molecule has 1 N–H and O–H groups in total. The lowest BCUT2D eigenvalue weighted by Crippen LogP contribution is -2.35. The van der Waals surface area contributed by atoms with Crippen LogP contribution < -0.4 is 9.47 Å². The van der Waals surface area contributed by atoms with Crippen molar-refractivity contribution in [2.45, 2.75) is 39.7 Å². The van der Waals surface area contributed by atoms with Crippen LogP contribution in [0, 0.1) is 6.92 Å². The number of benzene rings is 1. The van der Waals surface area contributed by atoms with Crippen LogP contribution in [-0.2, 0) is 12.0 Å². The Labute approximate surface area is 120 Å². The largest absolute Gasteiger partial charge is 0.482 e. The summed E-state index contributed by atoms with van der Waals surface area (Å²) in [6.45, 7) is 8.97. The highest BCUT2D eigenvalue weighted by molar-refractivity contribution is 5.38. The molecule has 0 fully saturated rings. The Morgan fingerprint density at radius 1 is 1.15 bits per heavy atom. The second-order valence-electron chi connectivity index (χ2n) is 6.06. The van der Waals surface area contributed by atoms with Gasteiger partial charge in [-0.05, 0) is 35.6 Å². The van der Waals surface area contributed by atoms with Gasteiger partial charge >= 0.3 is 0 Å². The van der Waals surface area contributed by atoms with Gasteiger partial charge in [-0.2, -0.15) is 0 Å². The highest BCUT2D eigenvalue weighted by atomic mass is 16.5. The fourth-order valence-electron chi connectivity index (χ4n) is 2.01. The molecular weight excluding hydrogens is 250 g/mol. The summed E-state index contributed by atoms with van der Waals surface area (Å²) in [4.78, 5) is 0. The minimum Gasteiger partial charge on any atom is -0.482 e. The van der Waals surface area contributed by atoms with Gasteiger partial charge in [0.05, 0.1) is 0 Å². The highest BCUT2D eigenvalue weighted by Crippen LogP contribution is 2.27. The molecule has 3 nitrogen and oxygen atoms in total. The van der Waals surface area contributed by atoms with E-state index in [1.165, 1.54) is 5.56 Å². The van der Waals surface area contributed by atoms with Crippen molar-refractivity contribution in [1.29, 1.82) is 0 Å². The lowest BCUT2D eigenvalue weighted by Gasteiger charge is -2.20. The first-order chi connectivity index (χ1) is 9.38. The second-order valence-corrected chi connectivity index (χ2v) is 6.06. The summed E-state index contributed by atoms with van der Waals surface area (Å²) in [6, 6.07) is 11.7. The number of pyridine rings is 1. The van der Waals surface area contributed by atoms with Crippen molar-refractivity contribution in [3.8, 4) is 5.75 Å². The third kappa shape index (κ3) is 3.29. The summed E-state index contributed by atoms with van der Waals surface area (Å²) in [6.07, 6.45) is 1.59. The van der Waals surface area contributed by atoms with E-state index in [1.807, 2.05) is 25.1 Å². The van der Waals surface area contributed by atoms with Gasteiger partial charge in [0.25, 0.3) is 5.69 Å². The van der Waals surface area contributed by atoms with Gasteiger partial charge in [-0.1, -0.05) is 32.9 Å². The predicted molar refractivity (Wildman–Crippen MR) is 78.0 cm³/mol. The molecule has 0 spiro atoms. The molecule has 0 aliphatic rings. The van der Waals surface area contributed by atoms with E-state index in [0.29, 0.717) is 12.3 Å². The third-order valence-corrected chi connectivity index (χ3v) is 3.34. The monoisotopic (exact) mass is 272 g/mol. The van der Waals surface area contributed by atoms with Crippen LogP contribution >= 0.6 is 0 Å². The Hall–Kier alpha value is -2.03. The van der Waals surface area contributed by atoms with Crippen molar-refractivity contribution in [3.63, 3.8) is 0 Å². The second kappa shape index (κ2) is 5.53. The Bertz CT molecular complexity index is 600. The van der Waals surface area contributed by atoms with Gasteiger partial charge in [-0.15, -0.1) is 0 Å². The van der Waals surface area contributed by atoms with Gasteiger partial charge in [0.1, 0.15) is 5.75 Å². The zero-order valence-electron chi connectivity index (χ0n) is 12.6. The number of nitrogens with zero attached hydrogens (tertiary/aromatic N) is 1. The standard InChI is InChI=1S/C17H22NO2/c1-13-11-14(17(2,3)4)8-9-16(13)20-12-15-7-5-6-10-18(15)19/h5-11,19H,12H2,1-4H3/q+1. The van der Waals surface area contributed by atoms with Crippen LogP contribution in [0.25, 0.3) is 0 Å². The minimum atomic E-state index is 0.136. The molecule has 0 saturated heterocycles. The first-order valence-corrected chi connectivity index (χ1v) is 6.80. The number of rotatable bonds is 3. The zero-order chi connectivity index (χ0) is 14.8. The smallest absolute Gasteiger partial charge is 0.271 e. The Morgan fingerprint density at radius 3 is 2.50 bits per heavy atom. The van der Waals surface area contributed by atoms with Gasteiger partial charge in [0.15, 0.2) is 6.61 Å². The van der Waals surface area contributed by atoms with Gasteiger partial charge in [0, 0.05) is 16.9 Å². The van der Waals surface area contributed by atoms with Crippen LogP contribution in [0.15, 0.2) is 42.6 Å². The Kier molecular flexibility index (Phi) is 3.98. The average Bonchev–Trinajstić information content (AvgIpc) is 2.38. The summed E-state index contributed by atoms with van der Waals surface area (Å²) in [7, 11) is 0. The van der Waals surface area contributed by atoms with Crippen LogP contribution in [-0.4, -0.2) is 5.21 Å². The van der Waals surface area contributed by atoms with Crippen LogP contribution in [0.4, 0.5) is 0 Å². The molecule has 106 valence electrons. The zero-order valence-corrected chi connectivity index (χ0v) is 12.6. The molecule has 0 unspecified atom stereocenters. The Balaban J connectivity index is 2.13. The quantitative estimate of drug-likeness (QED) is 0.686. The van der Waals surface area contributed by atoms with Crippen LogP contribution in [0.5, 0.6) is 5.75 Å². The lowest BCUT2D eigenvalue weighted by molar-refractivity contribution is -0.910. The van der Waals surface area contributed by atoms with Crippen molar-refractivity contribution in [2.24, 2.45) is 0 Å². The molecule has 0 radical (unpaired) electrons. The van der Waals surface area contributed by atoms with Gasteiger partial charge in [0.2, 0.25) is 6.20 Å². The molecule has 2 rings (SSSR count). The number of aryl methyl sites for hydroxylation is 1. The molecule has 0 atom stereocenters. The molecule has 1 aromatic carbocycles. The van der Waals surface area contributed by atoms with Crippen molar-refractivity contribution in [3.05, 3.63) is 59.4 Å². The van der Waals surface area contributed by atoms with E-state index in [0.717, 1.165) is 16.0 Å². The maximum atomic E-state index is 9.65. The first-order valence-electron chi connectivity index (χ1n) is 6.80. The number of hydrogen-bond acceptors (Lipinski definition) is 2. The number of hydrogen-bond donors (Lipinski definition) is 1. The van der Waals surface area contributed by atoms with Crippen molar-refractivity contribution < 1.29 is 14.7 Å². The summed E-state index contributed by atoms with van der Waals surface area (Å²) >= 11 is 0. The topological polar surface area (TPSA) is 33.3 Å². The Morgan fingerprint density at radius 2 is 1.90 bits per heavy atom. The van der Waals surface area contributed by atoms with E-state index in [4.69, 9.17) is 4.74 Å². The fraction of sp³-hybridized carbons (Fsp3) is 0.353. The predicted octanol–water partition coefficient (Wildman–Crippen LogP) is 3.40. The molecule has 1 aromatic heterocycles. The van der Waals surface area contributed by atoms with Gasteiger partial charge in [-0.25, -0.2) is 0 Å². The minimum absolute atomic E-state index is 0.136. The van der Waals surface area contributed by atoms with Crippen molar-refractivity contribution >= 4 is 0 Å². The molecule has 2 aromatic rings. The number of ether oxygens (including phenoxy) is 1. The number of aromatic nitrogens is 1. The van der Waals surface area contributed by atoms with Gasteiger partial charge < -0.3 is 4.74 Å². The van der Waals surface area contributed by atoms with E-state index >= 15 is 0 Å².